The Labute approximate surface area is 167 Å². The SMILES string of the molecule is CCOC(=O)N1CCC(NC(=O)c2sc(-c3ccc(Cl)cc3)nc2C)CC1. The van der Waals surface area contributed by atoms with E-state index in [4.69, 9.17) is 16.3 Å². The third-order valence-electron chi connectivity index (χ3n) is 4.45. The first-order chi connectivity index (χ1) is 13.0. The molecule has 0 saturated carbocycles. The molecule has 1 aliphatic rings. The minimum absolute atomic E-state index is 0.0451. The molecule has 1 saturated heterocycles. The van der Waals surface area contributed by atoms with E-state index in [1.54, 1.807) is 11.8 Å². The molecule has 2 amide bonds. The van der Waals surface area contributed by atoms with Crippen LogP contribution in [0.15, 0.2) is 24.3 Å². The Morgan fingerprint density at radius 1 is 1.30 bits per heavy atom. The number of nitrogens with one attached hydrogen (secondary N) is 1. The van der Waals surface area contributed by atoms with Gasteiger partial charge < -0.3 is 15.0 Å². The first kappa shape index (κ1) is 19.6. The number of aromatic nitrogens is 1. The Hall–Kier alpha value is -2.12. The van der Waals surface area contributed by atoms with Crippen LogP contribution in [0.4, 0.5) is 4.79 Å². The number of halogens is 1. The highest BCUT2D eigenvalue weighted by Crippen LogP contribution is 2.29. The van der Waals surface area contributed by atoms with Crippen LogP contribution < -0.4 is 5.32 Å². The van der Waals surface area contributed by atoms with Crippen molar-refractivity contribution < 1.29 is 14.3 Å². The fourth-order valence-electron chi connectivity index (χ4n) is 3.00. The molecule has 3 rings (SSSR count). The lowest BCUT2D eigenvalue weighted by molar-refractivity contribution is 0.0862. The van der Waals surface area contributed by atoms with Crippen molar-refractivity contribution in [1.82, 2.24) is 15.2 Å². The van der Waals surface area contributed by atoms with Crippen molar-refractivity contribution >= 4 is 34.9 Å². The number of ether oxygens (including phenoxy) is 1. The third-order valence-corrected chi connectivity index (χ3v) is 5.91. The van der Waals surface area contributed by atoms with Crippen molar-refractivity contribution in [2.45, 2.75) is 32.7 Å². The summed E-state index contributed by atoms with van der Waals surface area (Å²) in [6, 6.07) is 7.46. The molecule has 1 fully saturated rings. The summed E-state index contributed by atoms with van der Waals surface area (Å²) in [5.74, 6) is -0.111. The van der Waals surface area contributed by atoms with E-state index in [1.807, 2.05) is 31.2 Å². The summed E-state index contributed by atoms with van der Waals surface area (Å²) in [5, 5.41) is 4.54. The molecule has 8 heteroatoms. The number of hydrogen-bond acceptors (Lipinski definition) is 5. The van der Waals surface area contributed by atoms with Crippen molar-refractivity contribution in [2.24, 2.45) is 0 Å². The second kappa shape index (κ2) is 8.71. The average Bonchev–Trinajstić information content (AvgIpc) is 3.05. The largest absolute Gasteiger partial charge is 0.450 e. The number of nitrogens with zero attached hydrogens (tertiary/aromatic N) is 2. The van der Waals surface area contributed by atoms with E-state index < -0.39 is 0 Å². The first-order valence-corrected chi connectivity index (χ1v) is 10.1. The maximum atomic E-state index is 12.7. The molecule has 0 spiro atoms. The number of benzene rings is 1. The number of amides is 2. The standard InChI is InChI=1S/C19H22ClN3O3S/c1-3-26-19(25)23-10-8-15(9-11-23)22-17(24)16-12(2)21-18(27-16)13-4-6-14(20)7-5-13/h4-7,15H,3,8-11H2,1-2H3,(H,22,24). The van der Waals surface area contributed by atoms with Crippen LogP contribution >= 0.6 is 22.9 Å². The summed E-state index contributed by atoms with van der Waals surface area (Å²) in [5.41, 5.74) is 1.65. The van der Waals surface area contributed by atoms with Gasteiger partial charge in [-0.1, -0.05) is 23.7 Å². The van der Waals surface area contributed by atoms with Crippen molar-refractivity contribution in [3.05, 3.63) is 39.9 Å². The number of hydrogen-bond donors (Lipinski definition) is 1. The summed E-state index contributed by atoms with van der Waals surface area (Å²) in [7, 11) is 0. The lowest BCUT2D eigenvalue weighted by Crippen LogP contribution is -2.46. The van der Waals surface area contributed by atoms with Gasteiger partial charge in [0.2, 0.25) is 0 Å². The van der Waals surface area contributed by atoms with E-state index in [0.29, 0.717) is 48.1 Å². The van der Waals surface area contributed by atoms with Crippen LogP contribution in [0.25, 0.3) is 10.6 Å². The number of carbonyl (C=O) groups excluding carboxylic acids is 2. The quantitative estimate of drug-likeness (QED) is 0.827. The first-order valence-electron chi connectivity index (χ1n) is 8.94. The third kappa shape index (κ3) is 4.78. The van der Waals surface area contributed by atoms with Gasteiger partial charge in [-0.15, -0.1) is 11.3 Å². The van der Waals surface area contributed by atoms with Gasteiger partial charge in [0.1, 0.15) is 9.88 Å². The van der Waals surface area contributed by atoms with E-state index in [0.717, 1.165) is 10.6 Å². The van der Waals surface area contributed by atoms with Gasteiger partial charge in [-0.25, -0.2) is 9.78 Å². The Kier molecular flexibility index (Phi) is 6.34. The van der Waals surface area contributed by atoms with Crippen LogP contribution in [0, 0.1) is 6.92 Å². The molecule has 2 aromatic rings. The number of aryl methyl sites for hydroxylation is 1. The molecule has 1 aliphatic heterocycles. The zero-order valence-corrected chi connectivity index (χ0v) is 16.9. The van der Waals surface area contributed by atoms with Gasteiger partial charge in [0.15, 0.2) is 0 Å². The summed E-state index contributed by atoms with van der Waals surface area (Å²) < 4.78 is 5.02. The number of thiazole rings is 1. The van der Waals surface area contributed by atoms with Crippen LogP contribution in [-0.2, 0) is 4.74 Å². The Bertz CT molecular complexity index is 814. The zero-order chi connectivity index (χ0) is 19.4. The number of piperidine rings is 1. The molecule has 6 nitrogen and oxygen atoms in total. The topological polar surface area (TPSA) is 71.5 Å². The van der Waals surface area contributed by atoms with E-state index >= 15 is 0 Å². The van der Waals surface area contributed by atoms with Crippen molar-refractivity contribution in [3.63, 3.8) is 0 Å². The van der Waals surface area contributed by atoms with Crippen molar-refractivity contribution in [2.75, 3.05) is 19.7 Å². The van der Waals surface area contributed by atoms with Gasteiger partial charge in [-0.2, -0.15) is 0 Å². The van der Waals surface area contributed by atoms with E-state index in [1.165, 1.54) is 11.3 Å². The number of rotatable bonds is 4. The smallest absolute Gasteiger partial charge is 0.409 e. The molecule has 2 heterocycles. The van der Waals surface area contributed by atoms with Gasteiger partial charge >= 0.3 is 6.09 Å². The van der Waals surface area contributed by atoms with Crippen molar-refractivity contribution in [3.8, 4) is 10.6 Å². The molecule has 1 aromatic heterocycles. The van der Waals surface area contributed by atoms with Gasteiger partial charge in [0.05, 0.1) is 12.3 Å². The summed E-state index contributed by atoms with van der Waals surface area (Å²) in [6.07, 6.45) is 1.15. The monoisotopic (exact) mass is 407 g/mol. The second-order valence-electron chi connectivity index (χ2n) is 6.37. The summed E-state index contributed by atoms with van der Waals surface area (Å²) in [6.45, 7) is 5.17. The molecule has 0 aliphatic carbocycles. The van der Waals surface area contributed by atoms with E-state index in [9.17, 15) is 9.59 Å². The van der Waals surface area contributed by atoms with Gasteiger partial charge in [0, 0.05) is 29.7 Å². The minimum Gasteiger partial charge on any atom is -0.450 e. The zero-order valence-electron chi connectivity index (χ0n) is 15.3. The number of likely N-dealkylation sites (tertiary alicyclic amines) is 1. The fraction of sp³-hybridized carbons (Fsp3) is 0.421. The maximum absolute atomic E-state index is 12.7. The van der Waals surface area contributed by atoms with Gasteiger partial charge in [-0.3, -0.25) is 4.79 Å². The van der Waals surface area contributed by atoms with Crippen LogP contribution in [0.1, 0.15) is 35.1 Å². The van der Waals surface area contributed by atoms with Crippen LogP contribution in [0.3, 0.4) is 0 Å². The van der Waals surface area contributed by atoms with Crippen LogP contribution in [0.2, 0.25) is 5.02 Å². The molecule has 0 bridgehead atoms. The van der Waals surface area contributed by atoms with Crippen LogP contribution in [-0.4, -0.2) is 47.6 Å². The average molecular weight is 408 g/mol. The minimum atomic E-state index is -0.284. The highest BCUT2D eigenvalue weighted by molar-refractivity contribution is 7.17. The van der Waals surface area contributed by atoms with Crippen LogP contribution in [0.5, 0.6) is 0 Å². The maximum Gasteiger partial charge on any atom is 0.409 e. The molecule has 144 valence electrons. The molecule has 27 heavy (non-hydrogen) atoms. The molecule has 1 aromatic carbocycles. The van der Waals surface area contributed by atoms with E-state index in [-0.39, 0.29) is 18.0 Å². The molecule has 1 N–H and O–H groups in total. The lowest BCUT2D eigenvalue weighted by atomic mass is 10.1. The molecule has 0 radical (unpaired) electrons. The van der Waals surface area contributed by atoms with Gasteiger partial charge in [-0.05, 0) is 38.8 Å². The lowest BCUT2D eigenvalue weighted by Gasteiger charge is -2.31. The Morgan fingerprint density at radius 3 is 2.59 bits per heavy atom. The summed E-state index contributed by atoms with van der Waals surface area (Å²) >= 11 is 7.30. The van der Waals surface area contributed by atoms with E-state index in [2.05, 4.69) is 10.3 Å². The molecular formula is C19H22ClN3O3S. The molecular weight excluding hydrogens is 386 g/mol. The summed E-state index contributed by atoms with van der Waals surface area (Å²) in [4.78, 5) is 31.3. The fourth-order valence-corrected chi connectivity index (χ4v) is 4.10. The molecule has 0 unspecified atom stereocenters. The Morgan fingerprint density at radius 2 is 1.96 bits per heavy atom. The normalized spacial score (nSPS) is 14.9. The predicted octanol–water partition coefficient (Wildman–Crippen LogP) is 4.12. The molecule has 0 atom stereocenters. The number of carbonyl (C=O) groups is 2. The predicted molar refractivity (Wildman–Crippen MR) is 106 cm³/mol. The Balaban J connectivity index is 1.60. The van der Waals surface area contributed by atoms with Crippen molar-refractivity contribution in [1.29, 1.82) is 0 Å². The second-order valence-corrected chi connectivity index (χ2v) is 7.81. The van der Waals surface area contributed by atoms with Gasteiger partial charge in [0.25, 0.3) is 5.91 Å². The highest BCUT2D eigenvalue weighted by Gasteiger charge is 2.26. The highest BCUT2D eigenvalue weighted by atomic mass is 35.5.